The van der Waals surface area contributed by atoms with E-state index in [9.17, 15) is 14.4 Å². The van der Waals surface area contributed by atoms with Crippen LogP contribution >= 0.6 is 0 Å². The lowest BCUT2D eigenvalue weighted by Gasteiger charge is -2.18. The van der Waals surface area contributed by atoms with Crippen LogP contribution in [0.15, 0.2) is 0 Å². The van der Waals surface area contributed by atoms with Crippen LogP contribution in [0.2, 0.25) is 0 Å². The van der Waals surface area contributed by atoms with Gasteiger partial charge in [-0.15, -0.1) is 0 Å². The summed E-state index contributed by atoms with van der Waals surface area (Å²) >= 11 is 0. The van der Waals surface area contributed by atoms with E-state index < -0.39 is 6.10 Å². The normalized spacial score (nSPS) is 12.5. The molecule has 0 bridgehead atoms. The molecule has 0 aromatic rings. The minimum Gasteiger partial charge on any atom is -0.462 e. The third-order valence-electron chi connectivity index (χ3n) is 14.1. The minimum atomic E-state index is -0.762. The van der Waals surface area contributed by atoms with Crippen LogP contribution in [0.1, 0.15) is 336 Å². The average Bonchev–Trinajstić information content (AvgIpc) is 3.30. The van der Waals surface area contributed by atoms with Gasteiger partial charge in [0.15, 0.2) is 6.10 Å². The fraction of sp³-hybridized carbons (Fsp3) is 0.950. The third kappa shape index (κ3) is 51.8. The number of ether oxygens (including phenoxy) is 3. The maximum Gasteiger partial charge on any atom is 0.306 e. The van der Waals surface area contributed by atoms with Crippen molar-refractivity contribution >= 4 is 17.9 Å². The van der Waals surface area contributed by atoms with E-state index >= 15 is 0 Å². The van der Waals surface area contributed by atoms with Crippen LogP contribution in [0.3, 0.4) is 0 Å². The van der Waals surface area contributed by atoms with Crippen molar-refractivity contribution < 1.29 is 28.6 Å². The zero-order chi connectivity index (χ0) is 48.2. The molecule has 0 radical (unpaired) electrons. The molecule has 6 nitrogen and oxygen atoms in total. The molecule has 0 aliphatic rings. The van der Waals surface area contributed by atoms with Crippen LogP contribution in [0.25, 0.3) is 0 Å². The molecule has 6 heteroatoms. The lowest BCUT2D eigenvalue weighted by atomic mass is 9.99. The highest BCUT2D eigenvalue weighted by molar-refractivity contribution is 5.71. The van der Waals surface area contributed by atoms with Crippen LogP contribution < -0.4 is 0 Å². The Labute approximate surface area is 412 Å². The first-order valence-corrected chi connectivity index (χ1v) is 29.8. The summed E-state index contributed by atoms with van der Waals surface area (Å²) in [4.78, 5) is 38.2. The fourth-order valence-corrected chi connectivity index (χ4v) is 9.20. The zero-order valence-electron chi connectivity index (χ0n) is 45.3. The summed E-state index contributed by atoms with van der Waals surface area (Å²) in [7, 11) is 0. The van der Waals surface area contributed by atoms with Crippen molar-refractivity contribution in [2.75, 3.05) is 13.2 Å². The molecule has 392 valence electrons. The second-order valence-corrected chi connectivity index (χ2v) is 21.4. The number of hydrogen-bond donors (Lipinski definition) is 0. The van der Waals surface area contributed by atoms with Crippen molar-refractivity contribution in [3.63, 3.8) is 0 Å². The highest BCUT2D eigenvalue weighted by atomic mass is 16.6. The molecule has 0 heterocycles. The first-order valence-electron chi connectivity index (χ1n) is 29.8. The average molecular weight is 934 g/mol. The Kier molecular flexibility index (Phi) is 51.5. The number of rotatable bonds is 54. The van der Waals surface area contributed by atoms with E-state index in [1.807, 2.05) is 0 Å². The standard InChI is InChI=1S/C60H116O6/c1-6-8-9-10-11-12-13-25-30-35-40-45-50-58(61)64-53-57(66-60(63)52-47-42-37-32-27-22-16-14-15-19-23-28-33-38-43-48-55(3)4)54-65-59(62)51-46-41-36-31-26-21-18-17-20-24-29-34-39-44-49-56(5)7-2/h55-57H,6-54H2,1-5H3/t56?,57-/m1/s1. The van der Waals surface area contributed by atoms with Crippen LogP contribution in [-0.2, 0) is 28.6 Å². The summed E-state index contributed by atoms with van der Waals surface area (Å²) in [5.41, 5.74) is 0. The Hall–Kier alpha value is -1.59. The van der Waals surface area contributed by atoms with E-state index in [-0.39, 0.29) is 31.1 Å². The van der Waals surface area contributed by atoms with Gasteiger partial charge in [-0.3, -0.25) is 14.4 Å². The minimum absolute atomic E-state index is 0.0624. The Morgan fingerprint density at radius 3 is 0.864 bits per heavy atom. The molecule has 0 aromatic heterocycles. The molecule has 0 aliphatic heterocycles. The molecular weight excluding hydrogens is 817 g/mol. The molecule has 0 rings (SSSR count). The molecule has 0 amide bonds. The summed E-state index contributed by atoms with van der Waals surface area (Å²) in [5.74, 6) is 0.907. The van der Waals surface area contributed by atoms with E-state index in [1.54, 1.807) is 0 Å². The van der Waals surface area contributed by atoms with Gasteiger partial charge in [0, 0.05) is 19.3 Å². The van der Waals surface area contributed by atoms with Crippen molar-refractivity contribution in [1.82, 2.24) is 0 Å². The van der Waals surface area contributed by atoms with Gasteiger partial charge in [-0.1, -0.05) is 298 Å². The smallest absolute Gasteiger partial charge is 0.306 e. The summed E-state index contributed by atoms with van der Waals surface area (Å²) in [5, 5.41) is 0. The molecular formula is C60H116O6. The van der Waals surface area contributed by atoms with E-state index in [0.717, 1.165) is 69.6 Å². The first-order chi connectivity index (χ1) is 32.3. The molecule has 0 saturated carbocycles. The molecule has 0 aliphatic carbocycles. The molecule has 0 fully saturated rings. The van der Waals surface area contributed by atoms with Gasteiger partial charge in [-0.25, -0.2) is 0 Å². The largest absolute Gasteiger partial charge is 0.462 e. The molecule has 2 atom stereocenters. The van der Waals surface area contributed by atoms with Crippen molar-refractivity contribution in [3.8, 4) is 0 Å². The van der Waals surface area contributed by atoms with Gasteiger partial charge in [-0.2, -0.15) is 0 Å². The number of unbranched alkanes of at least 4 members (excludes halogenated alkanes) is 38. The Morgan fingerprint density at radius 2 is 0.576 bits per heavy atom. The van der Waals surface area contributed by atoms with E-state index in [0.29, 0.717) is 19.3 Å². The molecule has 66 heavy (non-hydrogen) atoms. The zero-order valence-corrected chi connectivity index (χ0v) is 45.3. The van der Waals surface area contributed by atoms with Crippen LogP contribution in [0, 0.1) is 11.8 Å². The van der Waals surface area contributed by atoms with Gasteiger partial charge >= 0.3 is 17.9 Å². The SMILES string of the molecule is CCCCCCCCCCCCCCC(=O)OC[C@H](COC(=O)CCCCCCCCCCCCCCCCC(C)CC)OC(=O)CCCCCCCCCCCCCCCCCC(C)C. The number of carbonyl (C=O) groups excluding carboxylic acids is 3. The maximum atomic E-state index is 12.9. The van der Waals surface area contributed by atoms with Crippen LogP contribution in [-0.4, -0.2) is 37.2 Å². The number of hydrogen-bond acceptors (Lipinski definition) is 6. The third-order valence-corrected chi connectivity index (χ3v) is 14.1. The summed E-state index contributed by atoms with van der Waals surface area (Å²) in [6.07, 6.45) is 56.6. The van der Waals surface area contributed by atoms with Gasteiger partial charge < -0.3 is 14.2 Å². The van der Waals surface area contributed by atoms with Gasteiger partial charge in [0.25, 0.3) is 0 Å². The van der Waals surface area contributed by atoms with Crippen LogP contribution in [0.5, 0.6) is 0 Å². The maximum absolute atomic E-state index is 12.9. The Balaban J connectivity index is 4.27. The van der Waals surface area contributed by atoms with Crippen molar-refractivity contribution in [2.45, 2.75) is 343 Å². The topological polar surface area (TPSA) is 78.9 Å². The molecule has 0 N–H and O–H groups in total. The van der Waals surface area contributed by atoms with Crippen molar-refractivity contribution in [1.29, 1.82) is 0 Å². The summed E-state index contributed by atoms with van der Waals surface area (Å²) in [6.45, 7) is 11.5. The second kappa shape index (κ2) is 52.8. The first kappa shape index (κ1) is 64.4. The van der Waals surface area contributed by atoms with Gasteiger partial charge in [0.1, 0.15) is 13.2 Å². The van der Waals surface area contributed by atoms with Gasteiger partial charge in [0.2, 0.25) is 0 Å². The van der Waals surface area contributed by atoms with Gasteiger partial charge in [0.05, 0.1) is 0 Å². The van der Waals surface area contributed by atoms with E-state index in [1.165, 1.54) is 225 Å². The lowest BCUT2D eigenvalue weighted by Crippen LogP contribution is -2.30. The predicted octanol–water partition coefficient (Wildman–Crippen LogP) is 19.7. The molecule has 0 saturated heterocycles. The molecule has 1 unspecified atom stereocenters. The summed E-state index contributed by atoms with van der Waals surface area (Å²) in [6, 6.07) is 0. The van der Waals surface area contributed by atoms with Crippen LogP contribution in [0.4, 0.5) is 0 Å². The monoisotopic (exact) mass is 933 g/mol. The lowest BCUT2D eigenvalue weighted by molar-refractivity contribution is -0.167. The molecule has 0 spiro atoms. The highest BCUT2D eigenvalue weighted by Gasteiger charge is 2.19. The second-order valence-electron chi connectivity index (χ2n) is 21.4. The van der Waals surface area contributed by atoms with Gasteiger partial charge in [-0.05, 0) is 31.1 Å². The van der Waals surface area contributed by atoms with Crippen molar-refractivity contribution in [3.05, 3.63) is 0 Å². The Bertz CT molecular complexity index is 1010. The summed E-state index contributed by atoms with van der Waals surface area (Å²) < 4.78 is 16.9. The van der Waals surface area contributed by atoms with Crippen molar-refractivity contribution in [2.24, 2.45) is 11.8 Å². The number of esters is 3. The fourth-order valence-electron chi connectivity index (χ4n) is 9.20. The predicted molar refractivity (Wildman–Crippen MR) is 284 cm³/mol. The number of carbonyl (C=O) groups is 3. The quantitative estimate of drug-likeness (QED) is 0.0343. The molecule has 0 aromatic carbocycles. The van der Waals surface area contributed by atoms with E-state index in [2.05, 4.69) is 34.6 Å². The highest BCUT2D eigenvalue weighted by Crippen LogP contribution is 2.19. The van der Waals surface area contributed by atoms with E-state index in [4.69, 9.17) is 14.2 Å². The Morgan fingerprint density at radius 1 is 0.318 bits per heavy atom.